The van der Waals surface area contributed by atoms with Crippen molar-refractivity contribution >= 4 is 0 Å². The summed E-state index contributed by atoms with van der Waals surface area (Å²) in [7, 11) is 0. The molecule has 0 aromatic carbocycles. The lowest BCUT2D eigenvalue weighted by atomic mass is 10.0. The molecule has 0 N–H and O–H groups in total. The molecule has 0 aromatic heterocycles. The normalized spacial score (nSPS) is 11.3. The molecule has 0 aliphatic rings. The first kappa shape index (κ1) is 18.5. The largest absolute Gasteiger partial charge is 0.502 e. The molecule has 0 saturated heterocycles. The number of rotatable bonds is 15. The van der Waals surface area contributed by atoms with Crippen LogP contribution in [0.5, 0.6) is 0 Å². The number of ether oxygens (including phenoxy) is 1. The minimum atomic E-state index is 0.787. The number of hydrogen-bond acceptors (Lipinski definition) is 1. The van der Waals surface area contributed by atoms with E-state index in [2.05, 4.69) is 13.0 Å². The van der Waals surface area contributed by atoms with Gasteiger partial charge in [0.05, 0.1) is 12.9 Å². The summed E-state index contributed by atoms with van der Waals surface area (Å²) in [5, 5.41) is 0. The minimum Gasteiger partial charge on any atom is -0.502 e. The van der Waals surface area contributed by atoms with Crippen LogP contribution in [0.3, 0.4) is 0 Å². The molecule has 0 rings (SSSR count). The van der Waals surface area contributed by atoms with E-state index in [1.165, 1.54) is 83.5 Å². The Morgan fingerprint density at radius 2 is 1.11 bits per heavy atom. The van der Waals surface area contributed by atoms with Crippen molar-refractivity contribution in [3.63, 3.8) is 0 Å². The molecule has 0 fully saturated rings. The van der Waals surface area contributed by atoms with Gasteiger partial charge in [0.1, 0.15) is 0 Å². The molecule has 1 nitrogen and oxygen atoms in total. The monoisotopic (exact) mass is 268 g/mol. The second-order valence-corrected chi connectivity index (χ2v) is 5.50. The van der Waals surface area contributed by atoms with Crippen LogP contribution in [0.4, 0.5) is 0 Å². The molecule has 0 amide bonds. The van der Waals surface area contributed by atoms with Gasteiger partial charge >= 0.3 is 0 Å². The average molecular weight is 268 g/mol. The second kappa shape index (κ2) is 17.5. The van der Waals surface area contributed by atoms with Gasteiger partial charge in [0, 0.05) is 0 Å². The van der Waals surface area contributed by atoms with Crippen LogP contribution < -0.4 is 0 Å². The topological polar surface area (TPSA) is 9.23 Å². The molecule has 0 saturated carbocycles. The predicted molar refractivity (Wildman–Crippen MR) is 86.5 cm³/mol. The van der Waals surface area contributed by atoms with Crippen LogP contribution in [0, 0.1) is 0 Å². The van der Waals surface area contributed by atoms with Crippen molar-refractivity contribution in [2.24, 2.45) is 0 Å². The molecule has 0 aromatic rings. The van der Waals surface area contributed by atoms with Crippen molar-refractivity contribution in [3.05, 3.63) is 12.3 Å². The van der Waals surface area contributed by atoms with Crippen molar-refractivity contribution < 1.29 is 4.74 Å². The van der Waals surface area contributed by atoms with E-state index >= 15 is 0 Å². The lowest BCUT2D eigenvalue weighted by molar-refractivity contribution is 0.268. The Kier molecular flexibility index (Phi) is 17.1. The van der Waals surface area contributed by atoms with Crippen molar-refractivity contribution in [3.8, 4) is 0 Å². The molecular weight excluding hydrogens is 232 g/mol. The molecule has 1 heteroatoms. The Morgan fingerprint density at radius 3 is 1.58 bits per heavy atom. The predicted octanol–water partition coefficient (Wildman–Crippen LogP) is 6.63. The van der Waals surface area contributed by atoms with Gasteiger partial charge in [-0.25, -0.2) is 0 Å². The fourth-order valence-electron chi connectivity index (χ4n) is 2.34. The van der Waals surface area contributed by atoms with Crippen LogP contribution in [0.15, 0.2) is 12.3 Å². The standard InChI is InChI=1S/C18H36O/c1-3-5-6-7-8-9-10-11-12-13-14-15-16-17-18-19-4-2/h17-18H,3-16H2,1-2H3/b18-17+. The molecule has 0 atom stereocenters. The first-order chi connectivity index (χ1) is 9.41. The van der Waals surface area contributed by atoms with Gasteiger partial charge in [-0.1, -0.05) is 77.6 Å². The highest BCUT2D eigenvalue weighted by atomic mass is 16.5. The molecule has 114 valence electrons. The quantitative estimate of drug-likeness (QED) is 0.239. The van der Waals surface area contributed by atoms with Crippen molar-refractivity contribution in [2.75, 3.05) is 6.61 Å². The molecule has 0 heterocycles. The number of hydrogen-bond donors (Lipinski definition) is 0. The summed E-state index contributed by atoms with van der Waals surface area (Å²) in [5.74, 6) is 0. The summed E-state index contributed by atoms with van der Waals surface area (Å²) in [6, 6.07) is 0. The second-order valence-electron chi connectivity index (χ2n) is 5.50. The van der Waals surface area contributed by atoms with E-state index in [4.69, 9.17) is 4.74 Å². The molecule has 0 radical (unpaired) electrons. The highest BCUT2D eigenvalue weighted by molar-refractivity contribution is 4.72. The molecule has 0 aliphatic heterocycles. The van der Waals surface area contributed by atoms with Gasteiger partial charge in [-0.05, 0) is 25.8 Å². The van der Waals surface area contributed by atoms with E-state index in [0.717, 1.165) is 6.61 Å². The lowest BCUT2D eigenvalue weighted by Gasteiger charge is -2.02. The third kappa shape index (κ3) is 17.5. The smallest absolute Gasteiger partial charge is 0.0845 e. The van der Waals surface area contributed by atoms with Gasteiger partial charge < -0.3 is 4.74 Å². The van der Waals surface area contributed by atoms with E-state index in [1.807, 2.05) is 13.2 Å². The Balaban J connectivity index is 2.95. The van der Waals surface area contributed by atoms with E-state index in [9.17, 15) is 0 Å². The van der Waals surface area contributed by atoms with Crippen LogP contribution in [0.2, 0.25) is 0 Å². The maximum atomic E-state index is 5.16. The van der Waals surface area contributed by atoms with Crippen molar-refractivity contribution in [2.45, 2.75) is 97.3 Å². The Bertz CT molecular complexity index is 175. The summed E-state index contributed by atoms with van der Waals surface area (Å²) >= 11 is 0. The van der Waals surface area contributed by atoms with Gasteiger partial charge in [0.2, 0.25) is 0 Å². The van der Waals surface area contributed by atoms with Crippen molar-refractivity contribution in [1.82, 2.24) is 0 Å². The molecule has 0 aliphatic carbocycles. The van der Waals surface area contributed by atoms with Gasteiger partial charge in [-0.3, -0.25) is 0 Å². The summed E-state index contributed by atoms with van der Waals surface area (Å²) in [6.07, 6.45) is 22.2. The fourth-order valence-corrected chi connectivity index (χ4v) is 2.34. The van der Waals surface area contributed by atoms with Crippen LogP contribution in [0.1, 0.15) is 97.3 Å². The summed E-state index contributed by atoms with van der Waals surface area (Å²) < 4.78 is 5.16. The van der Waals surface area contributed by atoms with E-state index < -0.39 is 0 Å². The maximum Gasteiger partial charge on any atom is 0.0845 e. The van der Waals surface area contributed by atoms with E-state index in [-0.39, 0.29) is 0 Å². The Labute approximate surface area is 121 Å². The highest BCUT2D eigenvalue weighted by Crippen LogP contribution is 2.12. The van der Waals surface area contributed by atoms with Gasteiger partial charge in [0.25, 0.3) is 0 Å². The van der Waals surface area contributed by atoms with Gasteiger partial charge in [-0.2, -0.15) is 0 Å². The summed E-state index contributed by atoms with van der Waals surface area (Å²) in [5.41, 5.74) is 0. The third-order valence-corrected chi connectivity index (χ3v) is 3.58. The van der Waals surface area contributed by atoms with Crippen LogP contribution in [0.25, 0.3) is 0 Å². The van der Waals surface area contributed by atoms with Crippen LogP contribution >= 0.6 is 0 Å². The first-order valence-corrected chi connectivity index (χ1v) is 8.68. The molecule has 0 bridgehead atoms. The molecule has 0 unspecified atom stereocenters. The third-order valence-electron chi connectivity index (χ3n) is 3.58. The minimum absolute atomic E-state index is 0.787. The zero-order valence-electron chi connectivity index (χ0n) is 13.5. The zero-order chi connectivity index (χ0) is 14.0. The van der Waals surface area contributed by atoms with Gasteiger partial charge in [0.15, 0.2) is 0 Å². The zero-order valence-corrected chi connectivity index (χ0v) is 13.5. The Morgan fingerprint density at radius 1 is 0.632 bits per heavy atom. The lowest BCUT2D eigenvalue weighted by Crippen LogP contribution is -1.82. The average Bonchev–Trinajstić information content (AvgIpc) is 2.43. The molecule has 19 heavy (non-hydrogen) atoms. The number of allylic oxidation sites excluding steroid dienone is 1. The SMILES string of the molecule is CCCCCCCCCCCCCC/C=C/OCC. The first-order valence-electron chi connectivity index (χ1n) is 8.68. The summed E-state index contributed by atoms with van der Waals surface area (Å²) in [4.78, 5) is 0. The maximum absolute atomic E-state index is 5.16. The van der Waals surface area contributed by atoms with Gasteiger partial charge in [-0.15, -0.1) is 0 Å². The molecule has 0 spiro atoms. The van der Waals surface area contributed by atoms with Crippen LogP contribution in [-0.4, -0.2) is 6.61 Å². The highest BCUT2D eigenvalue weighted by Gasteiger charge is 1.92. The van der Waals surface area contributed by atoms with Crippen LogP contribution in [-0.2, 0) is 4.74 Å². The van der Waals surface area contributed by atoms with E-state index in [0.29, 0.717) is 0 Å². The van der Waals surface area contributed by atoms with E-state index in [1.54, 1.807) is 0 Å². The number of unbranched alkanes of at least 4 members (excludes halogenated alkanes) is 12. The molecular formula is C18H36O. The van der Waals surface area contributed by atoms with Crippen molar-refractivity contribution in [1.29, 1.82) is 0 Å². The Hall–Kier alpha value is -0.460. The summed E-state index contributed by atoms with van der Waals surface area (Å²) in [6.45, 7) is 5.09. The fraction of sp³-hybridized carbons (Fsp3) is 0.889.